The fourth-order valence-electron chi connectivity index (χ4n) is 1.22. The lowest BCUT2D eigenvalue weighted by atomic mass is 10.1. The summed E-state index contributed by atoms with van der Waals surface area (Å²) in [5.41, 5.74) is -0.554. The van der Waals surface area contributed by atoms with Gasteiger partial charge in [-0.3, -0.25) is 0 Å². The third-order valence-electron chi connectivity index (χ3n) is 2.01. The fraction of sp³-hybridized carbons (Fsp3) is 0.231. The summed E-state index contributed by atoms with van der Waals surface area (Å²) in [6.45, 7) is 2.07. The SMILES string of the molecule is CCOC(C#N)(C#N)/C=C/c1ccccc1. The zero-order valence-electron chi connectivity index (χ0n) is 9.05. The van der Waals surface area contributed by atoms with Gasteiger partial charge in [-0.25, -0.2) is 0 Å². The van der Waals surface area contributed by atoms with E-state index in [0.29, 0.717) is 6.61 Å². The van der Waals surface area contributed by atoms with Crippen LogP contribution < -0.4 is 0 Å². The smallest absolute Gasteiger partial charge is 0.260 e. The van der Waals surface area contributed by atoms with E-state index in [1.54, 1.807) is 13.0 Å². The maximum atomic E-state index is 8.94. The van der Waals surface area contributed by atoms with Crippen molar-refractivity contribution in [1.29, 1.82) is 10.5 Å². The van der Waals surface area contributed by atoms with Gasteiger partial charge in [-0.05, 0) is 18.6 Å². The monoisotopic (exact) mass is 212 g/mol. The van der Waals surface area contributed by atoms with E-state index in [2.05, 4.69) is 0 Å². The highest BCUT2D eigenvalue weighted by Crippen LogP contribution is 2.13. The predicted octanol–water partition coefficient (Wildman–Crippen LogP) is 2.52. The molecule has 0 N–H and O–H groups in total. The van der Waals surface area contributed by atoms with Gasteiger partial charge < -0.3 is 4.74 Å². The fourth-order valence-corrected chi connectivity index (χ4v) is 1.22. The molecule has 0 atom stereocenters. The van der Waals surface area contributed by atoms with Crippen LogP contribution in [-0.2, 0) is 4.74 Å². The second-order valence-electron chi connectivity index (χ2n) is 3.14. The summed E-state index contributed by atoms with van der Waals surface area (Å²) in [4.78, 5) is 0. The van der Waals surface area contributed by atoms with Gasteiger partial charge in [0.05, 0.1) is 0 Å². The van der Waals surface area contributed by atoms with Crippen LogP contribution >= 0.6 is 0 Å². The summed E-state index contributed by atoms with van der Waals surface area (Å²) in [5, 5.41) is 17.9. The average Bonchev–Trinajstić information content (AvgIpc) is 2.36. The van der Waals surface area contributed by atoms with Crippen LogP contribution in [-0.4, -0.2) is 12.2 Å². The van der Waals surface area contributed by atoms with E-state index in [1.165, 1.54) is 6.08 Å². The van der Waals surface area contributed by atoms with Gasteiger partial charge in [-0.2, -0.15) is 10.5 Å². The number of hydrogen-bond donors (Lipinski definition) is 0. The number of benzene rings is 1. The zero-order chi connectivity index (χ0) is 11.9. The molecule has 0 aliphatic heterocycles. The average molecular weight is 212 g/mol. The van der Waals surface area contributed by atoms with Crippen LogP contribution in [0.25, 0.3) is 6.08 Å². The summed E-state index contributed by atoms with van der Waals surface area (Å²) < 4.78 is 5.14. The van der Waals surface area contributed by atoms with Gasteiger partial charge in [0.15, 0.2) is 0 Å². The minimum atomic E-state index is -1.48. The Morgan fingerprint density at radius 2 is 1.88 bits per heavy atom. The van der Waals surface area contributed by atoms with Gasteiger partial charge in [-0.15, -0.1) is 0 Å². The van der Waals surface area contributed by atoms with Crippen molar-refractivity contribution in [2.45, 2.75) is 12.5 Å². The molecule has 0 spiro atoms. The molecule has 0 unspecified atom stereocenters. The number of hydrogen-bond acceptors (Lipinski definition) is 3. The van der Waals surface area contributed by atoms with Crippen LogP contribution in [0.3, 0.4) is 0 Å². The molecule has 1 aromatic carbocycles. The maximum Gasteiger partial charge on any atom is 0.260 e. The number of ether oxygens (including phenoxy) is 1. The van der Waals surface area contributed by atoms with Crippen molar-refractivity contribution in [2.75, 3.05) is 6.61 Å². The Morgan fingerprint density at radius 1 is 1.25 bits per heavy atom. The highest BCUT2D eigenvalue weighted by atomic mass is 16.5. The second kappa shape index (κ2) is 5.70. The summed E-state index contributed by atoms with van der Waals surface area (Å²) in [7, 11) is 0. The number of nitrogens with zero attached hydrogens (tertiary/aromatic N) is 2. The van der Waals surface area contributed by atoms with Gasteiger partial charge >= 0.3 is 0 Å². The van der Waals surface area contributed by atoms with Crippen molar-refractivity contribution in [1.82, 2.24) is 0 Å². The maximum absolute atomic E-state index is 8.94. The first kappa shape index (κ1) is 12.0. The topological polar surface area (TPSA) is 56.8 Å². The molecule has 0 aliphatic rings. The molecule has 1 aromatic rings. The number of nitriles is 2. The molecule has 0 saturated carbocycles. The Labute approximate surface area is 95.2 Å². The number of rotatable bonds is 4. The molecule has 0 fully saturated rings. The van der Waals surface area contributed by atoms with Crippen molar-refractivity contribution in [3.05, 3.63) is 42.0 Å². The van der Waals surface area contributed by atoms with E-state index in [0.717, 1.165) is 5.56 Å². The van der Waals surface area contributed by atoms with E-state index in [9.17, 15) is 0 Å². The van der Waals surface area contributed by atoms with Crippen molar-refractivity contribution in [2.24, 2.45) is 0 Å². The lowest BCUT2D eigenvalue weighted by Crippen LogP contribution is -2.25. The van der Waals surface area contributed by atoms with E-state index < -0.39 is 5.60 Å². The van der Waals surface area contributed by atoms with Gasteiger partial charge in [0.1, 0.15) is 12.1 Å². The molecule has 3 heteroatoms. The minimum Gasteiger partial charge on any atom is -0.345 e. The predicted molar refractivity (Wildman–Crippen MR) is 61.1 cm³/mol. The Bertz CT molecular complexity index is 423. The van der Waals surface area contributed by atoms with E-state index in [4.69, 9.17) is 15.3 Å². The van der Waals surface area contributed by atoms with Gasteiger partial charge in [0.25, 0.3) is 5.60 Å². The Morgan fingerprint density at radius 3 is 2.38 bits per heavy atom. The van der Waals surface area contributed by atoms with Crippen molar-refractivity contribution >= 4 is 6.08 Å². The molecule has 80 valence electrons. The molecule has 0 heterocycles. The first-order chi connectivity index (χ1) is 7.76. The van der Waals surface area contributed by atoms with E-state index in [-0.39, 0.29) is 0 Å². The van der Waals surface area contributed by atoms with Crippen LogP contribution in [0, 0.1) is 22.7 Å². The molecule has 3 nitrogen and oxygen atoms in total. The van der Waals surface area contributed by atoms with E-state index >= 15 is 0 Å². The highest BCUT2D eigenvalue weighted by molar-refractivity contribution is 5.53. The quantitative estimate of drug-likeness (QED) is 0.770. The van der Waals surface area contributed by atoms with E-state index in [1.807, 2.05) is 42.5 Å². The Hall–Kier alpha value is -2.10. The van der Waals surface area contributed by atoms with Gasteiger partial charge in [0.2, 0.25) is 0 Å². The molecule has 0 aromatic heterocycles. The van der Waals surface area contributed by atoms with Gasteiger partial charge in [-0.1, -0.05) is 36.4 Å². The summed E-state index contributed by atoms with van der Waals surface area (Å²) in [6.07, 6.45) is 3.19. The van der Waals surface area contributed by atoms with Crippen LogP contribution in [0.2, 0.25) is 0 Å². The third kappa shape index (κ3) is 2.95. The molecule has 16 heavy (non-hydrogen) atoms. The molecule has 0 bridgehead atoms. The normalized spacial score (nSPS) is 10.9. The third-order valence-corrected chi connectivity index (χ3v) is 2.01. The first-order valence-electron chi connectivity index (χ1n) is 4.97. The molecule has 0 radical (unpaired) electrons. The highest BCUT2D eigenvalue weighted by Gasteiger charge is 2.26. The largest absolute Gasteiger partial charge is 0.345 e. The van der Waals surface area contributed by atoms with Crippen LogP contribution in [0.5, 0.6) is 0 Å². The molecular weight excluding hydrogens is 200 g/mol. The van der Waals surface area contributed by atoms with Gasteiger partial charge in [0, 0.05) is 6.61 Å². The Balaban J connectivity index is 2.90. The lowest BCUT2D eigenvalue weighted by Gasteiger charge is -2.13. The van der Waals surface area contributed by atoms with Crippen molar-refractivity contribution in [3.8, 4) is 12.1 Å². The molecular formula is C13H12N2O. The first-order valence-corrected chi connectivity index (χ1v) is 4.97. The summed E-state index contributed by atoms with van der Waals surface area (Å²) >= 11 is 0. The standard InChI is InChI=1S/C13H12N2O/c1-2-16-13(10-14,11-15)9-8-12-6-4-3-5-7-12/h3-9H,2H2,1H3/b9-8+. The zero-order valence-corrected chi connectivity index (χ0v) is 9.05. The molecule has 1 rings (SSSR count). The summed E-state index contributed by atoms with van der Waals surface area (Å²) in [6, 6.07) is 13.2. The molecule has 0 aliphatic carbocycles. The molecule has 0 saturated heterocycles. The minimum absolute atomic E-state index is 0.320. The van der Waals surface area contributed by atoms with Crippen LogP contribution in [0.1, 0.15) is 12.5 Å². The van der Waals surface area contributed by atoms with Crippen molar-refractivity contribution < 1.29 is 4.74 Å². The van der Waals surface area contributed by atoms with Crippen LogP contribution in [0.4, 0.5) is 0 Å². The molecule has 0 amide bonds. The van der Waals surface area contributed by atoms with Crippen LogP contribution in [0.15, 0.2) is 36.4 Å². The lowest BCUT2D eigenvalue weighted by molar-refractivity contribution is 0.0840. The Kier molecular flexibility index (Phi) is 4.27. The van der Waals surface area contributed by atoms with Crippen molar-refractivity contribution in [3.63, 3.8) is 0 Å². The summed E-state index contributed by atoms with van der Waals surface area (Å²) in [5.74, 6) is 0. The second-order valence-corrected chi connectivity index (χ2v) is 3.14.